The summed E-state index contributed by atoms with van der Waals surface area (Å²) in [6, 6.07) is 9.75. The number of carbonyl (C=O) groups excluding carboxylic acids is 1. The molecule has 1 amide bonds. The van der Waals surface area contributed by atoms with Crippen LogP contribution in [0.15, 0.2) is 36.4 Å². The van der Waals surface area contributed by atoms with Crippen molar-refractivity contribution in [2.45, 2.75) is 18.9 Å². The molecule has 1 atom stereocenters. The monoisotopic (exact) mass is 359 g/mol. The van der Waals surface area contributed by atoms with Crippen LogP contribution in [0.5, 0.6) is 17.2 Å². The Morgan fingerprint density at radius 3 is 2.46 bits per heavy atom. The molecule has 0 saturated carbocycles. The van der Waals surface area contributed by atoms with Gasteiger partial charge in [0.2, 0.25) is 0 Å². The maximum atomic E-state index is 14.0. The van der Waals surface area contributed by atoms with Crippen LogP contribution in [-0.2, 0) is 0 Å². The van der Waals surface area contributed by atoms with E-state index in [1.165, 1.54) is 19.2 Å². The summed E-state index contributed by atoms with van der Waals surface area (Å²) in [4.78, 5) is 14.7. The van der Waals surface area contributed by atoms with E-state index >= 15 is 0 Å². The second-order valence-electron chi connectivity index (χ2n) is 6.11. The summed E-state index contributed by atoms with van der Waals surface area (Å²) < 4.78 is 29.6. The number of methoxy groups -OCH3 is 3. The number of halogens is 1. The van der Waals surface area contributed by atoms with Gasteiger partial charge in [0.15, 0.2) is 11.6 Å². The summed E-state index contributed by atoms with van der Waals surface area (Å²) in [7, 11) is 4.59. The molecule has 2 aromatic rings. The van der Waals surface area contributed by atoms with Crippen molar-refractivity contribution in [2.24, 2.45) is 0 Å². The summed E-state index contributed by atoms with van der Waals surface area (Å²) in [6.07, 6.45) is 1.71. The molecule has 2 aromatic carbocycles. The Labute approximate surface area is 152 Å². The van der Waals surface area contributed by atoms with Crippen LogP contribution in [0.1, 0.15) is 34.8 Å². The lowest BCUT2D eigenvalue weighted by Crippen LogP contribution is -2.30. The molecule has 0 spiro atoms. The number of hydrogen-bond donors (Lipinski definition) is 0. The molecule has 0 N–H and O–H groups in total. The van der Waals surface area contributed by atoms with Crippen molar-refractivity contribution in [3.8, 4) is 17.2 Å². The zero-order valence-electron chi connectivity index (χ0n) is 15.1. The third kappa shape index (κ3) is 3.31. The van der Waals surface area contributed by atoms with Gasteiger partial charge in [0, 0.05) is 23.7 Å². The number of ether oxygens (including phenoxy) is 3. The van der Waals surface area contributed by atoms with E-state index in [9.17, 15) is 9.18 Å². The number of likely N-dealkylation sites (tertiary alicyclic amines) is 1. The minimum Gasteiger partial charge on any atom is -0.497 e. The largest absolute Gasteiger partial charge is 0.497 e. The fourth-order valence-electron chi connectivity index (χ4n) is 3.39. The molecule has 1 unspecified atom stereocenters. The van der Waals surface area contributed by atoms with Gasteiger partial charge in [-0.3, -0.25) is 4.79 Å². The highest BCUT2D eigenvalue weighted by molar-refractivity contribution is 5.95. The molecule has 0 aromatic heterocycles. The minimum atomic E-state index is -0.545. The molecule has 5 nitrogen and oxygen atoms in total. The molecule has 1 heterocycles. The molecule has 1 aliphatic rings. The predicted molar refractivity (Wildman–Crippen MR) is 95.5 cm³/mol. The first kappa shape index (κ1) is 18.0. The average Bonchev–Trinajstić information content (AvgIpc) is 3.16. The van der Waals surface area contributed by atoms with E-state index in [2.05, 4.69) is 0 Å². The van der Waals surface area contributed by atoms with E-state index < -0.39 is 5.82 Å². The van der Waals surface area contributed by atoms with E-state index in [-0.39, 0.29) is 17.7 Å². The first-order valence-electron chi connectivity index (χ1n) is 8.45. The normalized spacial score (nSPS) is 16.5. The Kier molecular flexibility index (Phi) is 5.30. The van der Waals surface area contributed by atoms with Crippen molar-refractivity contribution >= 4 is 5.91 Å². The van der Waals surface area contributed by atoms with Crippen LogP contribution in [0.25, 0.3) is 0 Å². The van der Waals surface area contributed by atoms with Gasteiger partial charge < -0.3 is 19.1 Å². The maximum Gasteiger partial charge on any atom is 0.254 e. The Morgan fingerprint density at radius 1 is 1.04 bits per heavy atom. The second kappa shape index (κ2) is 7.64. The standard InChI is InChI=1S/C20H22FNO4/c1-24-14-7-8-15(19(12-14)26-3)17-5-4-10-22(17)20(23)13-6-9-18(25-2)16(21)11-13/h6-9,11-12,17H,4-5,10H2,1-3H3. The zero-order chi connectivity index (χ0) is 18.7. The van der Waals surface area contributed by atoms with Crippen LogP contribution in [0.2, 0.25) is 0 Å². The van der Waals surface area contributed by atoms with Gasteiger partial charge in [0.05, 0.1) is 27.4 Å². The number of carbonyl (C=O) groups is 1. The lowest BCUT2D eigenvalue weighted by Gasteiger charge is -2.26. The summed E-state index contributed by atoms with van der Waals surface area (Å²) in [6.45, 7) is 0.617. The Hall–Kier alpha value is -2.76. The smallest absolute Gasteiger partial charge is 0.254 e. The van der Waals surface area contributed by atoms with Crippen molar-refractivity contribution < 1.29 is 23.4 Å². The van der Waals surface area contributed by atoms with Crippen LogP contribution in [-0.4, -0.2) is 38.7 Å². The van der Waals surface area contributed by atoms with Crippen LogP contribution >= 0.6 is 0 Å². The van der Waals surface area contributed by atoms with Crippen molar-refractivity contribution in [3.63, 3.8) is 0 Å². The summed E-state index contributed by atoms with van der Waals surface area (Å²) in [5, 5.41) is 0. The Balaban J connectivity index is 1.91. The lowest BCUT2D eigenvalue weighted by atomic mass is 10.0. The van der Waals surface area contributed by atoms with E-state index in [1.807, 2.05) is 18.2 Å². The highest BCUT2D eigenvalue weighted by Gasteiger charge is 2.32. The molecular weight excluding hydrogens is 337 g/mol. The average molecular weight is 359 g/mol. The highest BCUT2D eigenvalue weighted by atomic mass is 19.1. The SMILES string of the molecule is COc1ccc(C2CCCN2C(=O)c2ccc(OC)c(F)c2)c(OC)c1. The third-order valence-electron chi connectivity index (χ3n) is 4.71. The number of rotatable bonds is 5. The van der Waals surface area contributed by atoms with Gasteiger partial charge >= 0.3 is 0 Å². The van der Waals surface area contributed by atoms with E-state index in [0.29, 0.717) is 23.6 Å². The molecule has 26 heavy (non-hydrogen) atoms. The number of hydrogen-bond acceptors (Lipinski definition) is 4. The minimum absolute atomic E-state index is 0.117. The van der Waals surface area contributed by atoms with Crippen molar-refractivity contribution in [2.75, 3.05) is 27.9 Å². The fraction of sp³-hybridized carbons (Fsp3) is 0.350. The highest BCUT2D eigenvalue weighted by Crippen LogP contribution is 2.39. The summed E-state index contributed by atoms with van der Waals surface area (Å²) in [5.74, 6) is 0.744. The van der Waals surface area contributed by atoms with Crippen LogP contribution in [0.4, 0.5) is 4.39 Å². The molecule has 0 bridgehead atoms. The van der Waals surface area contributed by atoms with Crippen molar-refractivity contribution in [1.82, 2.24) is 4.90 Å². The molecule has 138 valence electrons. The number of nitrogens with zero attached hydrogens (tertiary/aromatic N) is 1. The first-order chi connectivity index (χ1) is 12.6. The first-order valence-corrected chi connectivity index (χ1v) is 8.45. The molecular formula is C20H22FNO4. The second-order valence-corrected chi connectivity index (χ2v) is 6.11. The van der Waals surface area contributed by atoms with E-state index in [4.69, 9.17) is 14.2 Å². The van der Waals surface area contributed by atoms with Gasteiger partial charge in [-0.25, -0.2) is 4.39 Å². The van der Waals surface area contributed by atoms with Crippen molar-refractivity contribution in [3.05, 3.63) is 53.3 Å². The lowest BCUT2D eigenvalue weighted by molar-refractivity contribution is 0.0733. The quantitative estimate of drug-likeness (QED) is 0.814. The Bertz CT molecular complexity index is 808. The molecule has 0 aliphatic carbocycles. The molecule has 6 heteroatoms. The van der Waals surface area contributed by atoms with Crippen molar-refractivity contribution in [1.29, 1.82) is 0 Å². The van der Waals surface area contributed by atoms with E-state index in [0.717, 1.165) is 18.4 Å². The van der Waals surface area contributed by atoms with E-state index in [1.54, 1.807) is 25.2 Å². The number of amides is 1. The van der Waals surface area contributed by atoms with Crippen LogP contribution in [0, 0.1) is 5.82 Å². The van der Waals surface area contributed by atoms with Gasteiger partial charge in [-0.05, 0) is 43.2 Å². The molecule has 1 aliphatic heterocycles. The van der Waals surface area contributed by atoms with Crippen LogP contribution < -0.4 is 14.2 Å². The van der Waals surface area contributed by atoms with Gasteiger partial charge in [0.25, 0.3) is 5.91 Å². The topological polar surface area (TPSA) is 48.0 Å². The summed E-state index contributed by atoms with van der Waals surface area (Å²) >= 11 is 0. The predicted octanol–water partition coefficient (Wildman–Crippen LogP) is 3.83. The summed E-state index contributed by atoms with van der Waals surface area (Å²) in [5.41, 5.74) is 1.23. The Morgan fingerprint density at radius 2 is 1.81 bits per heavy atom. The van der Waals surface area contributed by atoms with Gasteiger partial charge in [-0.1, -0.05) is 0 Å². The zero-order valence-corrected chi connectivity index (χ0v) is 15.1. The molecule has 3 rings (SSSR count). The molecule has 0 radical (unpaired) electrons. The molecule has 1 fully saturated rings. The van der Waals surface area contributed by atoms with Crippen LogP contribution in [0.3, 0.4) is 0 Å². The van der Waals surface area contributed by atoms with Gasteiger partial charge in [-0.15, -0.1) is 0 Å². The number of benzene rings is 2. The maximum absolute atomic E-state index is 14.0. The van der Waals surface area contributed by atoms with Gasteiger partial charge in [0.1, 0.15) is 11.5 Å². The molecule has 1 saturated heterocycles. The van der Waals surface area contributed by atoms with Gasteiger partial charge in [-0.2, -0.15) is 0 Å². The third-order valence-corrected chi connectivity index (χ3v) is 4.71. The fourth-order valence-corrected chi connectivity index (χ4v) is 3.39.